The summed E-state index contributed by atoms with van der Waals surface area (Å²) in [6.07, 6.45) is 4.12. The lowest BCUT2D eigenvalue weighted by Gasteiger charge is -2.02. The third-order valence-corrected chi connectivity index (χ3v) is 2.17. The van der Waals surface area contributed by atoms with Crippen molar-refractivity contribution in [2.45, 2.75) is 0 Å². The third kappa shape index (κ3) is 1.88. The highest BCUT2D eigenvalue weighted by Gasteiger charge is 2.04. The van der Waals surface area contributed by atoms with Crippen LogP contribution in [0.2, 0.25) is 0 Å². The molecule has 16 heavy (non-hydrogen) atoms. The molecule has 0 aliphatic rings. The summed E-state index contributed by atoms with van der Waals surface area (Å²) in [4.78, 5) is 17.5. The molecule has 2 rings (SSSR count). The van der Waals surface area contributed by atoms with Gasteiger partial charge in [-0.2, -0.15) is 0 Å². The van der Waals surface area contributed by atoms with Crippen molar-refractivity contribution in [3.63, 3.8) is 0 Å². The van der Waals surface area contributed by atoms with Crippen LogP contribution in [0.3, 0.4) is 0 Å². The predicted molar refractivity (Wildman–Crippen MR) is 59.3 cm³/mol. The number of fused-ring (bicyclic) bond motifs is 1. The first-order valence-corrected chi connectivity index (χ1v) is 4.63. The van der Waals surface area contributed by atoms with Gasteiger partial charge in [0.2, 0.25) is 0 Å². The van der Waals surface area contributed by atoms with Gasteiger partial charge in [-0.3, -0.25) is 0 Å². The maximum Gasteiger partial charge on any atom is 0.328 e. The lowest BCUT2D eigenvalue weighted by atomic mass is 10.1. The molecule has 0 aliphatic carbocycles. The van der Waals surface area contributed by atoms with E-state index in [2.05, 4.69) is 9.97 Å². The van der Waals surface area contributed by atoms with Crippen molar-refractivity contribution in [3.05, 3.63) is 30.1 Å². The van der Waals surface area contributed by atoms with Gasteiger partial charge in [0.1, 0.15) is 5.75 Å². The van der Waals surface area contributed by atoms with Gasteiger partial charge in [0.05, 0.1) is 24.5 Å². The van der Waals surface area contributed by atoms with Gasteiger partial charge in [-0.15, -0.1) is 0 Å². The number of carboxylic acid groups (broad SMARTS) is 1. The molecule has 5 heteroatoms. The van der Waals surface area contributed by atoms with Crippen LogP contribution in [0, 0.1) is 0 Å². The van der Waals surface area contributed by atoms with E-state index in [9.17, 15) is 4.79 Å². The molecule has 0 unspecified atom stereocenters. The number of carbonyl (C=O) groups is 1. The van der Waals surface area contributed by atoms with Crippen LogP contribution in [0.15, 0.2) is 24.5 Å². The summed E-state index contributed by atoms with van der Waals surface area (Å²) in [7, 11) is 1.56. The number of aromatic nitrogens is 2. The van der Waals surface area contributed by atoms with Crippen LogP contribution in [0.5, 0.6) is 5.75 Å². The molecule has 0 saturated heterocycles. The van der Waals surface area contributed by atoms with E-state index >= 15 is 0 Å². The molecule has 0 aliphatic heterocycles. The van der Waals surface area contributed by atoms with Crippen LogP contribution in [0.25, 0.3) is 17.1 Å². The van der Waals surface area contributed by atoms with E-state index < -0.39 is 5.97 Å². The fourth-order valence-corrected chi connectivity index (χ4v) is 1.46. The number of rotatable bonds is 3. The van der Waals surface area contributed by atoms with Crippen molar-refractivity contribution in [2.24, 2.45) is 0 Å². The molecule has 0 amide bonds. The van der Waals surface area contributed by atoms with Gasteiger partial charge in [-0.25, -0.2) is 9.78 Å². The van der Waals surface area contributed by atoms with Crippen molar-refractivity contribution in [1.82, 2.24) is 9.97 Å². The van der Waals surface area contributed by atoms with Gasteiger partial charge in [0.15, 0.2) is 0 Å². The maximum absolute atomic E-state index is 10.5. The molecular formula is C11H10N2O3. The molecule has 1 heterocycles. The standard InChI is InChI=1S/C11H10N2O3/c1-16-8-4-7(2-3-10(14)15)11-9(5-8)12-6-13-11/h2-6H,1H3,(H,12,13)(H,14,15)/b3-2+. The van der Waals surface area contributed by atoms with Gasteiger partial charge in [0.25, 0.3) is 0 Å². The van der Waals surface area contributed by atoms with Gasteiger partial charge in [-0.1, -0.05) is 0 Å². The highest BCUT2D eigenvalue weighted by atomic mass is 16.5. The highest BCUT2D eigenvalue weighted by molar-refractivity contribution is 5.91. The number of nitrogens with one attached hydrogen (secondary N) is 1. The minimum absolute atomic E-state index is 0.654. The fraction of sp³-hybridized carbons (Fsp3) is 0.0909. The molecular weight excluding hydrogens is 208 g/mol. The summed E-state index contributed by atoms with van der Waals surface area (Å²) in [5, 5.41) is 8.58. The Bertz CT molecular complexity index is 557. The van der Waals surface area contributed by atoms with Crippen molar-refractivity contribution < 1.29 is 14.6 Å². The number of aliphatic carboxylic acids is 1. The number of nitrogens with zero attached hydrogens (tertiary/aromatic N) is 1. The largest absolute Gasteiger partial charge is 0.497 e. The highest BCUT2D eigenvalue weighted by Crippen LogP contribution is 2.23. The van der Waals surface area contributed by atoms with E-state index in [1.807, 2.05) is 0 Å². The second-order valence-corrected chi connectivity index (χ2v) is 3.19. The first kappa shape index (κ1) is 10.2. The van der Waals surface area contributed by atoms with E-state index in [1.165, 1.54) is 6.08 Å². The van der Waals surface area contributed by atoms with Crippen LogP contribution in [0.4, 0.5) is 0 Å². The monoisotopic (exact) mass is 218 g/mol. The molecule has 0 atom stereocenters. The van der Waals surface area contributed by atoms with Crippen molar-refractivity contribution in [2.75, 3.05) is 7.11 Å². The lowest BCUT2D eigenvalue weighted by Crippen LogP contribution is -1.88. The number of hydrogen-bond acceptors (Lipinski definition) is 3. The average Bonchev–Trinajstić information content (AvgIpc) is 2.73. The Labute approximate surface area is 91.4 Å². The van der Waals surface area contributed by atoms with Crippen LogP contribution in [-0.4, -0.2) is 28.2 Å². The second kappa shape index (κ2) is 4.06. The Balaban J connectivity index is 2.56. The van der Waals surface area contributed by atoms with Crippen LogP contribution in [0.1, 0.15) is 5.56 Å². The molecule has 1 aromatic carbocycles. The zero-order valence-corrected chi connectivity index (χ0v) is 8.60. The third-order valence-electron chi connectivity index (χ3n) is 2.17. The second-order valence-electron chi connectivity index (χ2n) is 3.19. The molecule has 0 spiro atoms. The van der Waals surface area contributed by atoms with Gasteiger partial charge >= 0.3 is 5.97 Å². The predicted octanol–water partition coefficient (Wildman–Crippen LogP) is 1.67. The summed E-state index contributed by atoms with van der Waals surface area (Å²) >= 11 is 0. The van der Waals surface area contributed by atoms with Crippen molar-refractivity contribution in [1.29, 1.82) is 0 Å². The van der Waals surface area contributed by atoms with Crippen molar-refractivity contribution in [3.8, 4) is 5.75 Å². The Kier molecular flexibility index (Phi) is 2.59. The smallest absolute Gasteiger partial charge is 0.328 e. The van der Waals surface area contributed by atoms with Gasteiger partial charge in [-0.05, 0) is 12.1 Å². The molecule has 0 bridgehead atoms. The summed E-state index contributed by atoms with van der Waals surface area (Å²) < 4.78 is 5.11. The van der Waals surface area contributed by atoms with Crippen LogP contribution < -0.4 is 4.74 Å². The number of carboxylic acids is 1. The average molecular weight is 218 g/mol. The minimum Gasteiger partial charge on any atom is -0.497 e. The lowest BCUT2D eigenvalue weighted by molar-refractivity contribution is -0.131. The Morgan fingerprint density at radius 3 is 3.06 bits per heavy atom. The number of hydrogen-bond donors (Lipinski definition) is 2. The molecule has 2 N–H and O–H groups in total. The molecule has 5 nitrogen and oxygen atoms in total. The van der Waals surface area contributed by atoms with E-state index in [0.29, 0.717) is 11.3 Å². The number of aromatic amines is 1. The Hall–Kier alpha value is -2.30. The van der Waals surface area contributed by atoms with E-state index in [1.54, 1.807) is 25.6 Å². The molecule has 0 saturated carbocycles. The number of benzene rings is 1. The SMILES string of the molecule is COc1cc(/C=C/C(=O)O)c2nc[nH]c2c1. The van der Waals surface area contributed by atoms with Gasteiger partial charge < -0.3 is 14.8 Å². The van der Waals surface area contributed by atoms with E-state index in [-0.39, 0.29) is 0 Å². The minimum atomic E-state index is -0.994. The van der Waals surface area contributed by atoms with Crippen LogP contribution >= 0.6 is 0 Å². The van der Waals surface area contributed by atoms with Crippen molar-refractivity contribution >= 4 is 23.1 Å². The topological polar surface area (TPSA) is 75.2 Å². The van der Waals surface area contributed by atoms with E-state index in [0.717, 1.165) is 17.1 Å². The molecule has 0 radical (unpaired) electrons. The van der Waals surface area contributed by atoms with Crippen LogP contribution in [-0.2, 0) is 4.79 Å². The normalized spacial score (nSPS) is 11.1. The maximum atomic E-state index is 10.5. The molecule has 0 fully saturated rings. The molecule has 1 aromatic heterocycles. The Morgan fingerprint density at radius 2 is 2.38 bits per heavy atom. The summed E-state index contributed by atoms with van der Waals surface area (Å²) in [5.41, 5.74) is 2.24. The summed E-state index contributed by atoms with van der Waals surface area (Å²) in [5.74, 6) is -0.340. The number of ether oxygens (including phenoxy) is 1. The van der Waals surface area contributed by atoms with E-state index in [4.69, 9.17) is 9.84 Å². The summed E-state index contributed by atoms with van der Waals surface area (Å²) in [6, 6.07) is 3.54. The zero-order chi connectivity index (χ0) is 11.5. The molecule has 2 aromatic rings. The number of methoxy groups -OCH3 is 1. The fourth-order valence-electron chi connectivity index (χ4n) is 1.46. The first-order chi connectivity index (χ1) is 7.70. The first-order valence-electron chi connectivity index (χ1n) is 4.63. The Morgan fingerprint density at radius 1 is 1.56 bits per heavy atom. The molecule has 82 valence electrons. The van der Waals surface area contributed by atoms with Gasteiger partial charge in [0, 0.05) is 17.7 Å². The zero-order valence-electron chi connectivity index (χ0n) is 8.60. The number of H-pyrrole nitrogens is 1. The summed E-state index contributed by atoms with van der Waals surface area (Å²) in [6.45, 7) is 0. The number of imidazole rings is 1. The quantitative estimate of drug-likeness (QED) is 0.768.